The summed E-state index contributed by atoms with van der Waals surface area (Å²) in [5, 5.41) is 22.1. The summed E-state index contributed by atoms with van der Waals surface area (Å²) in [5.74, 6) is -1.66. The Morgan fingerprint density at radius 3 is 2.48 bits per heavy atom. The Morgan fingerprint density at radius 2 is 1.79 bits per heavy atom. The number of rotatable bonds is 7. The molecular weight excluding hydrogens is 427 g/mol. The molecule has 0 aliphatic heterocycles. The molecule has 0 fully saturated rings. The maximum atomic E-state index is 13.3. The number of hydrogen-bond acceptors (Lipinski definition) is 6. The van der Waals surface area contributed by atoms with E-state index >= 15 is 0 Å². The van der Waals surface area contributed by atoms with Crippen molar-refractivity contribution in [2.75, 3.05) is 13.2 Å². The molecule has 0 radical (unpaired) electrons. The minimum Gasteiger partial charge on any atom is -0.505 e. The van der Waals surface area contributed by atoms with Gasteiger partial charge < -0.3 is 20.1 Å². The second-order valence-electron chi connectivity index (χ2n) is 7.46. The number of benzene rings is 1. The van der Waals surface area contributed by atoms with E-state index in [1.54, 1.807) is 48.9 Å². The van der Waals surface area contributed by atoms with Crippen molar-refractivity contribution < 1.29 is 19.4 Å². The van der Waals surface area contributed by atoms with E-state index in [1.807, 2.05) is 0 Å². The van der Waals surface area contributed by atoms with Crippen LogP contribution in [0.15, 0.2) is 65.8 Å². The first-order valence-electron chi connectivity index (χ1n) is 10.2. The fourth-order valence-corrected chi connectivity index (χ4v) is 3.57. The lowest BCUT2D eigenvalue weighted by molar-refractivity contribution is 0.0940. The largest absolute Gasteiger partial charge is 0.505 e. The van der Waals surface area contributed by atoms with Crippen LogP contribution in [0, 0.1) is 5.82 Å². The first-order valence-corrected chi connectivity index (χ1v) is 10.2. The average molecular weight is 448 g/mol. The molecule has 0 spiro atoms. The summed E-state index contributed by atoms with van der Waals surface area (Å²) in [7, 11) is 0. The highest BCUT2D eigenvalue weighted by Crippen LogP contribution is 2.26. The van der Waals surface area contributed by atoms with Crippen LogP contribution in [0.4, 0.5) is 4.39 Å². The van der Waals surface area contributed by atoms with Crippen LogP contribution in [-0.2, 0) is 13.0 Å². The predicted octanol–water partition coefficient (Wildman–Crippen LogP) is 2.00. The smallest absolute Gasteiger partial charge is 0.268 e. The van der Waals surface area contributed by atoms with Gasteiger partial charge in [0, 0.05) is 25.1 Å². The number of carbonyl (C=O) groups is 1. The predicted molar refractivity (Wildman–Crippen MR) is 120 cm³/mol. The van der Waals surface area contributed by atoms with Crippen LogP contribution in [0.3, 0.4) is 0 Å². The van der Waals surface area contributed by atoms with Gasteiger partial charge in [0.15, 0.2) is 5.75 Å². The van der Waals surface area contributed by atoms with Crippen LogP contribution in [-0.4, -0.2) is 43.8 Å². The quantitative estimate of drug-likeness (QED) is 0.398. The lowest BCUT2D eigenvalue weighted by Crippen LogP contribution is -2.35. The summed E-state index contributed by atoms with van der Waals surface area (Å²) >= 11 is 0. The van der Waals surface area contributed by atoms with E-state index in [4.69, 9.17) is 5.11 Å². The van der Waals surface area contributed by atoms with Crippen molar-refractivity contribution in [2.45, 2.75) is 13.0 Å². The Balaban J connectivity index is 1.86. The highest BCUT2D eigenvalue weighted by atomic mass is 19.1. The van der Waals surface area contributed by atoms with Crippen molar-refractivity contribution in [3.63, 3.8) is 0 Å². The van der Waals surface area contributed by atoms with Crippen molar-refractivity contribution in [3.05, 3.63) is 99.5 Å². The number of amides is 1. The van der Waals surface area contributed by atoms with E-state index in [2.05, 4.69) is 15.3 Å². The molecule has 168 valence electrons. The van der Waals surface area contributed by atoms with E-state index < -0.39 is 22.8 Å². The highest BCUT2D eigenvalue weighted by molar-refractivity contribution is 6.01. The van der Waals surface area contributed by atoms with E-state index in [9.17, 15) is 19.1 Å². The zero-order chi connectivity index (χ0) is 23.4. The van der Waals surface area contributed by atoms with Crippen LogP contribution in [0.1, 0.15) is 27.0 Å². The second kappa shape index (κ2) is 9.58. The molecule has 3 aromatic heterocycles. The van der Waals surface area contributed by atoms with Crippen LogP contribution >= 0.6 is 0 Å². The summed E-state index contributed by atoms with van der Waals surface area (Å²) < 4.78 is 14.6. The SMILES string of the molecule is O=C(NCCO)c1c(O)c2ncc(Cc3ccc(F)cc3)cc2n(Cc2ccncc2)c1=O. The van der Waals surface area contributed by atoms with Gasteiger partial charge in [0.1, 0.15) is 16.9 Å². The van der Waals surface area contributed by atoms with Crippen molar-refractivity contribution in [1.82, 2.24) is 19.9 Å². The lowest BCUT2D eigenvalue weighted by Gasteiger charge is -2.15. The zero-order valence-electron chi connectivity index (χ0n) is 17.5. The number of halogens is 1. The van der Waals surface area contributed by atoms with Crippen molar-refractivity contribution in [2.24, 2.45) is 0 Å². The molecule has 33 heavy (non-hydrogen) atoms. The molecule has 0 atom stereocenters. The fraction of sp³-hybridized carbons (Fsp3) is 0.167. The Labute approximate surface area is 188 Å². The number of aliphatic hydroxyl groups excluding tert-OH is 1. The van der Waals surface area contributed by atoms with Crippen LogP contribution in [0.25, 0.3) is 11.0 Å². The van der Waals surface area contributed by atoms with Gasteiger partial charge in [0.25, 0.3) is 11.5 Å². The first kappa shape index (κ1) is 22.1. The molecule has 0 aliphatic carbocycles. The fourth-order valence-electron chi connectivity index (χ4n) is 3.57. The number of fused-ring (bicyclic) bond motifs is 1. The number of hydrogen-bond donors (Lipinski definition) is 3. The zero-order valence-corrected chi connectivity index (χ0v) is 17.5. The number of aromatic nitrogens is 3. The third-order valence-corrected chi connectivity index (χ3v) is 5.17. The summed E-state index contributed by atoms with van der Waals surface area (Å²) in [4.78, 5) is 34.2. The van der Waals surface area contributed by atoms with E-state index in [1.165, 1.54) is 16.7 Å². The molecule has 1 aromatic carbocycles. The second-order valence-corrected chi connectivity index (χ2v) is 7.46. The normalized spacial score (nSPS) is 11.0. The van der Waals surface area contributed by atoms with Gasteiger partial charge in [-0.15, -0.1) is 0 Å². The molecule has 8 nitrogen and oxygen atoms in total. The van der Waals surface area contributed by atoms with Gasteiger partial charge in [-0.1, -0.05) is 12.1 Å². The molecule has 0 aliphatic rings. The van der Waals surface area contributed by atoms with Gasteiger partial charge in [-0.05, 0) is 53.4 Å². The topological polar surface area (TPSA) is 117 Å². The van der Waals surface area contributed by atoms with Gasteiger partial charge in [-0.3, -0.25) is 19.6 Å². The molecule has 0 unspecified atom stereocenters. The molecule has 0 saturated carbocycles. The van der Waals surface area contributed by atoms with Gasteiger partial charge in [-0.2, -0.15) is 0 Å². The number of aliphatic hydroxyl groups is 1. The van der Waals surface area contributed by atoms with Crippen molar-refractivity contribution in [1.29, 1.82) is 0 Å². The Kier molecular flexibility index (Phi) is 6.41. The maximum Gasteiger partial charge on any atom is 0.268 e. The Morgan fingerprint density at radius 1 is 1.06 bits per heavy atom. The monoisotopic (exact) mass is 448 g/mol. The Hall–Kier alpha value is -4.11. The van der Waals surface area contributed by atoms with E-state index in [0.717, 1.165) is 16.7 Å². The lowest BCUT2D eigenvalue weighted by atomic mass is 10.0. The van der Waals surface area contributed by atoms with E-state index in [-0.39, 0.29) is 31.0 Å². The molecule has 1 amide bonds. The highest BCUT2D eigenvalue weighted by Gasteiger charge is 2.23. The molecule has 0 saturated heterocycles. The van der Waals surface area contributed by atoms with Crippen LogP contribution < -0.4 is 10.9 Å². The van der Waals surface area contributed by atoms with Crippen LogP contribution in [0.5, 0.6) is 5.75 Å². The molecular formula is C24H21FN4O4. The number of pyridine rings is 3. The molecule has 0 bridgehead atoms. The van der Waals surface area contributed by atoms with Gasteiger partial charge in [0.05, 0.1) is 18.7 Å². The van der Waals surface area contributed by atoms with Crippen molar-refractivity contribution in [3.8, 4) is 5.75 Å². The molecule has 3 heterocycles. The third-order valence-electron chi connectivity index (χ3n) is 5.17. The van der Waals surface area contributed by atoms with Gasteiger partial charge >= 0.3 is 0 Å². The summed E-state index contributed by atoms with van der Waals surface area (Å²) in [6.07, 6.45) is 5.17. The standard InChI is InChI=1S/C24H21FN4O4/c25-18-3-1-15(2-4-18)11-17-12-19-21(28-13-17)22(31)20(23(32)27-9-10-30)24(33)29(19)14-16-5-7-26-8-6-16/h1-8,12-13,30-31H,9-11,14H2,(H,27,32). The third kappa shape index (κ3) is 4.73. The number of aromatic hydroxyl groups is 1. The number of nitrogens with one attached hydrogen (secondary N) is 1. The first-order chi connectivity index (χ1) is 16.0. The average Bonchev–Trinajstić information content (AvgIpc) is 2.82. The summed E-state index contributed by atoms with van der Waals surface area (Å²) in [5.41, 5.74) is 1.69. The summed E-state index contributed by atoms with van der Waals surface area (Å²) in [6, 6.07) is 11.3. The summed E-state index contributed by atoms with van der Waals surface area (Å²) in [6.45, 7) is -0.249. The molecule has 3 N–H and O–H groups in total. The van der Waals surface area contributed by atoms with Gasteiger partial charge in [0.2, 0.25) is 0 Å². The van der Waals surface area contributed by atoms with Crippen molar-refractivity contribution >= 4 is 16.9 Å². The molecule has 4 aromatic rings. The minimum atomic E-state index is -0.797. The molecule has 4 rings (SSSR count). The maximum absolute atomic E-state index is 13.3. The van der Waals surface area contributed by atoms with E-state index in [0.29, 0.717) is 11.9 Å². The van der Waals surface area contributed by atoms with Crippen LogP contribution in [0.2, 0.25) is 0 Å². The number of carbonyl (C=O) groups excluding carboxylic acids is 1. The minimum absolute atomic E-state index is 0.0653. The molecule has 9 heteroatoms. The number of nitrogens with zero attached hydrogens (tertiary/aromatic N) is 3. The van der Waals surface area contributed by atoms with Gasteiger partial charge in [-0.25, -0.2) is 4.39 Å². The Bertz CT molecular complexity index is 1360.